The lowest BCUT2D eigenvalue weighted by Crippen LogP contribution is -2.27. The molecule has 0 aliphatic heterocycles. The van der Waals surface area contributed by atoms with Gasteiger partial charge in [-0.1, -0.05) is 86.4 Å². The van der Waals surface area contributed by atoms with Crippen LogP contribution in [-0.4, -0.2) is 22.6 Å². The van der Waals surface area contributed by atoms with Crippen LogP contribution < -0.4 is 10.1 Å². The molecule has 0 fully saturated rings. The van der Waals surface area contributed by atoms with E-state index in [1.807, 2.05) is 53.2 Å². The summed E-state index contributed by atoms with van der Waals surface area (Å²) in [5, 5.41) is 4.06. The topological polar surface area (TPSA) is 56.2 Å². The second-order valence-corrected chi connectivity index (χ2v) is 10.9. The molecule has 0 radical (unpaired) electrons. The maximum atomic E-state index is 12.9. The van der Waals surface area contributed by atoms with Crippen molar-refractivity contribution in [2.24, 2.45) is 0 Å². The molecule has 0 saturated carbocycles. The van der Waals surface area contributed by atoms with E-state index in [0.717, 1.165) is 22.4 Å². The Hall–Kier alpha value is -3.54. The van der Waals surface area contributed by atoms with E-state index in [4.69, 9.17) is 32.9 Å². The van der Waals surface area contributed by atoms with Crippen LogP contribution in [0.1, 0.15) is 43.3 Å². The Balaban J connectivity index is 1.53. The molecule has 0 spiro atoms. The van der Waals surface area contributed by atoms with Crippen molar-refractivity contribution >= 4 is 41.3 Å². The first-order valence-corrected chi connectivity index (χ1v) is 13.1. The first kappa shape index (κ1) is 27.5. The third-order valence-corrected chi connectivity index (χ3v) is 6.73. The summed E-state index contributed by atoms with van der Waals surface area (Å²) in [5.74, 6) is 1.30. The number of carbonyl (C=O) groups excluding carboxylic acids is 1. The minimum atomic E-state index is -0.116. The molecule has 1 aromatic heterocycles. The lowest BCUT2D eigenvalue weighted by molar-refractivity contribution is -0.121. The smallest absolute Gasteiger partial charge is 0.240 e. The van der Waals surface area contributed by atoms with Crippen LogP contribution in [0.5, 0.6) is 5.75 Å². The second kappa shape index (κ2) is 11.9. The largest absolute Gasteiger partial charge is 0.497 e. The van der Waals surface area contributed by atoms with Crippen LogP contribution in [-0.2, 0) is 23.3 Å². The lowest BCUT2D eigenvalue weighted by atomic mass is 9.87. The molecule has 4 aromatic rings. The van der Waals surface area contributed by atoms with Crippen LogP contribution in [0, 0.1) is 0 Å². The van der Waals surface area contributed by atoms with Crippen LogP contribution in [0.3, 0.4) is 0 Å². The SMILES string of the molecule is COc1ccc(/C=C/c2nc(-c3ccc(Cl)cc3Cl)cn2CC(=O)NCc2ccc(C(C)(C)C)cc2)cc1. The molecule has 0 bridgehead atoms. The molecular weight excluding hydrogens is 517 g/mol. The summed E-state index contributed by atoms with van der Waals surface area (Å²) in [5.41, 5.74) is 4.77. The van der Waals surface area contributed by atoms with Gasteiger partial charge >= 0.3 is 0 Å². The van der Waals surface area contributed by atoms with Crippen molar-refractivity contribution in [3.05, 3.63) is 105 Å². The molecule has 196 valence electrons. The summed E-state index contributed by atoms with van der Waals surface area (Å²) < 4.78 is 7.05. The van der Waals surface area contributed by atoms with E-state index in [9.17, 15) is 4.79 Å². The Morgan fingerprint density at radius 2 is 1.71 bits per heavy atom. The van der Waals surface area contributed by atoms with Gasteiger partial charge in [0.15, 0.2) is 0 Å². The maximum absolute atomic E-state index is 12.9. The number of methoxy groups -OCH3 is 1. The van der Waals surface area contributed by atoms with Crippen molar-refractivity contribution in [2.45, 2.75) is 39.3 Å². The van der Waals surface area contributed by atoms with Crippen molar-refractivity contribution in [3.8, 4) is 17.0 Å². The Morgan fingerprint density at radius 3 is 2.34 bits per heavy atom. The zero-order chi connectivity index (χ0) is 27.3. The molecule has 0 atom stereocenters. The van der Waals surface area contributed by atoms with Crippen LogP contribution in [0.2, 0.25) is 10.0 Å². The first-order chi connectivity index (χ1) is 18.1. The third-order valence-electron chi connectivity index (χ3n) is 6.18. The van der Waals surface area contributed by atoms with Gasteiger partial charge in [0.25, 0.3) is 0 Å². The molecule has 0 unspecified atom stereocenters. The number of nitrogens with zero attached hydrogens (tertiary/aromatic N) is 2. The van der Waals surface area contributed by atoms with Gasteiger partial charge in [0.2, 0.25) is 5.91 Å². The Morgan fingerprint density at radius 1 is 1.00 bits per heavy atom. The van der Waals surface area contributed by atoms with Crippen LogP contribution in [0.15, 0.2) is 72.9 Å². The predicted octanol–water partition coefficient (Wildman–Crippen LogP) is 7.65. The zero-order valence-corrected chi connectivity index (χ0v) is 23.5. The fraction of sp³-hybridized carbons (Fsp3) is 0.226. The van der Waals surface area contributed by atoms with Gasteiger partial charge in [-0.25, -0.2) is 4.98 Å². The number of nitrogens with one attached hydrogen (secondary N) is 1. The molecule has 7 heteroatoms. The molecule has 3 aromatic carbocycles. The van der Waals surface area contributed by atoms with Gasteiger partial charge in [-0.2, -0.15) is 0 Å². The number of hydrogen-bond acceptors (Lipinski definition) is 3. The normalized spacial score (nSPS) is 11.6. The number of benzene rings is 3. The summed E-state index contributed by atoms with van der Waals surface area (Å²) in [4.78, 5) is 17.7. The fourth-order valence-corrected chi connectivity index (χ4v) is 4.44. The van der Waals surface area contributed by atoms with Gasteiger partial charge in [0, 0.05) is 23.3 Å². The molecule has 0 aliphatic carbocycles. The summed E-state index contributed by atoms with van der Waals surface area (Å²) in [7, 11) is 1.64. The van der Waals surface area contributed by atoms with Gasteiger partial charge in [-0.3, -0.25) is 4.79 Å². The maximum Gasteiger partial charge on any atom is 0.240 e. The Bertz CT molecular complexity index is 1430. The molecule has 38 heavy (non-hydrogen) atoms. The summed E-state index contributed by atoms with van der Waals surface area (Å²) in [6.07, 6.45) is 5.66. The fourth-order valence-electron chi connectivity index (χ4n) is 3.94. The van der Waals surface area contributed by atoms with Gasteiger partial charge in [-0.05, 0) is 58.5 Å². The monoisotopic (exact) mass is 547 g/mol. The summed E-state index contributed by atoms with van der Waals surface area (Å²) in [6.45, 7) is 7.11. The zero-order valence-electron chi connectivity index (χ0n) is 22.0. The standard InChI is InChI=1S/C31H31Cl2N3O2/c1-31(2,3)23-10-5-22(6-11-23)18-34-30(37)20-36-19-28(26-15-12-24(32)17-27(26)33)35-29(36)16-9-21-7-13-25(38-4)14-8-21/h5-17,19H,18,20H2,1-4H3,(H,34,37)/b16-9+. The molecule has 1 N–H and O–H groups in total. The van der Waals surface area contributed by atoms with Crippen molar-refractivity contribution in [2.75, 3.05) is 7.11 Å². The van der Waals surface area contributed by atoms with E-state index in [1.54, 1.807) is 19.2 Å². The van der Waals surface area contributed by atoms with Crippen molar-refractivity contribution < 1.29 is 9.53 Å². The minimum Gasteiger partial charge on any atom is -0.497 e. The number of amides is 1. The van der Waals surface area contributed by atoms with Gasteiger partial charge in [0.05, 0.1) is 17.8 Å². The number of ether oxygens (including phenoxy) is 1. The first-order valence-electron chi connectivity index (χ1n) is 12.3. The molecule has 5 nitrogen and oxygen atoms in total. The quantitative estimate of drug-likeness (QED) is 0.246. The van der Waals surface area contributed by atoms with Crippen LogP contribution in [0.25, 0.3) is 23.4 Å². The molecular formula is C31H31Cl2N3O2. The summed E-state index contributed by atoms with van der Waals surface area (Å²) in [6, 6.07) is 21.3. The van der Waals surface area contributed by atoms with Gasteiger partial charge in [0.1, 0.15) is 18.1 Å². The Labute approximate surface area is 234 Å². The molecule has 0 aliphatic rings. The highest BCUT2D eigenvalue weighted by molar-refractivity contribution is 6.36. The van der Waals surface area contributed by atoms with Crippen molar-refractivity contribution in [1.82, 2.24) is 14.9 Å². The van der Waals surface area contributed by atoms with Crippen molar-refractivity contribution in [1.29, 1.82) is 0 Å². The number of hydrogen-bond donors (Lipinski definition) is 1. The summed E-state index contributed by atoms with van der Waals surface area (Å²) >= 11 is 12.5. The average molecular weight is 549 g/mol. The van der Waals surface area contributed by atoms with E-state index < -0.39 is 0 Å². The van der Waals surface area contributed by atoms with E-state index >= 15 is 0 Å². The average Bonchev–Trinajstić information content (AvgIpc) is 3.28. The molecule has 4 rings (SSSR count). The van der Waals surface area contributed by atoms with Crippen LogP contribution in [0.4, 0.5) is 0 Å². The van der Waals surface area contributed by atoms with Crippen LogP contribution >= 0.6 is 23.2 Å². The van der Waals surface area contributed by atoms with E-state index in [1.165, 1.54) is 5.56 Å². The molecule has 1 heterocycles. The molecule has 1 amide bonds. The van der Waals surface area contributed by atoms with Gasteiger partial charge < -0.3 is 14.6 Å². The second-order valence-electron chi connectivity index (χ2n) is 10.1. The number of rotatable bonds is 8. The van der Waals surface area contributed by atoms with E-state index in [2.05, 4.69) is 50.4 Å². The predicted molar refractivity (Wildman–Crippen MR) is 157 cm³/mol. The Kier molecular flexibility index (Phi) is 8.60. The molecule has 0 saturated heterocycles. The lowest BCUT2D eigenvalue weighted by Gasteiger charge is -2.19. The number of imidazole rings is 1. The highest BCUT2D eigenvalue weighted by atomic mass is 35.5. The number of aromatic nitrogens is 2. The van der Waals surface area contributed by atoms with Gasteiger partial charge in [-0.15, -0.1) is 0 Å². The number of halogens is 2. The highest BCUT2D eigenvalue weighted by Gasteiger charge is 2.15. The highest BCUT2D eigenvalue weighted by Crippen LogP contribution is 2.30. The third kappa shape index (κ3) is 7.06. The minimum absolute atomic E-state index is 0.0869. The van der Waals surface area contributed by atoms with Crippen molar-refractivity contribution in [3.63, 3.8) is 0 Å². The van der Waals surface area contributed by atoms with E-state index in [0.29, 0.717) is 28.1 Å². The number of carbonyl (C=O) groups is 1. The van der Waals surface area contributed by atoms with E-state index in [-0.39, 0.29) is 17.9 Å².